The van der Waals surface area contributed by atoms with Gasteiger partial charge in [-0.15, -0.1) is 0 Å². The lowest BCUT2D eigenvalue weighted by molar-refractivity contribution is -0.137. The summed E-state index contributed by atoms with van der Waals surface area (Å²) in [6.45, 7) is 9.77. The molecule has 1 aliphatic carbocycles. The monoisotopic (exact) mass is 523 g/mol. The number of aryl methyl sites for hydroxylation is 2. The molecule has 1 atom stereocenters. The molecule has 0 N–H and O–H groups in total. The number of benzene rings is 1. The van der Waals surface area contributed by atoms with E-state index in [1.807, 2.05) is 45.0 Å². The van der Waals surface area contributed by atoms with E-state index < -0.39 is 11.0 Å². The highest BCUT2D eigenvalue weighted by Gasteiger charge is 2.27. The molecule has 36 heavy (non-hydrogen) atoms. The van der Waals surface area contributed by atoms with Crippen LogP contribution in [-0.2, 0) is 25.3 Å². The van der Waals surface area contributed by atoms with Crippen LogP contribution in [0.25, 0.3) is 0 Å². The van der Waals surface area contributed by atoms with Crippen molar-refractivity contribution in [3.8, 4) is 5.75 Å². The summed E-state index contributed by atoms with van der Waals surface area (Å²) in [5.41, 5.74) is 1.87. The Labute approximate surface area is 219 Å². The number of morpholine rings is 1. The molecular formula is C27H45N3O5S. The largest absolute Gasteiger partial charge is 0.497 e. The number of hydrogen-bond acceptors (Lipinski definition) is 6. The fourth-order valence-corrected chi connectivity index (χ4v) is 6.43. The van der Waals surface area contributed by atoms with E-state index in [4.69, 9.17) is 14.2 Å². The first-order chi connectivity index (χ1) is 17.3. The molecule has 1 saturated heterocycles. The maximum Gasteiger partial charge on any atom is 0.248 e. The maximum atomic E-state index is 13.0. The SMILES string of the molecule is COc1cc(C)c(S(=O)N(C)CCOCC(=O)N(C)C2CCC(CCN3CCOCC3)CC2)c(C)c1. The summed E-state index contributed by atoms with van der Waals surface area (Å²) in [6, 6.07) is 4.10. The smallest absolute Gasteiger partial charge is 0.248 e. The van der Waals surface area contributed by atoms with E-state index in [2.05, 4.69) is 4.90 Å². The molecule has 1 aromatic carbocycles. The van der Waals surface area contributed by atoms with Gasteiger partial charge in [0.2, 0.25) is 5.91 Å². The van der Waals surface area contributed by atoms with Gasteiger partial charge in [0.05, 0.1) is 31.8 Å². The minimum absolute atomic E-state index is 0.0254. The molecule has 1 saturated carbocycles. The number of rotatable bonds is 12. The van der Waals surface area contributed by atoms with Crippen LogP contribution in [-0.4, -0.2) is 104 Å². The summed E-state index contributed by atoms with van der Waals surface area (Å²) in [4.78, 5) is 17.9. The third-order valence-electron chi connectivity index (χ3n) is 7.62. The fraction of sp³-hybridized carbons (Fsp3) is 0.741. The summed E-state index contributed by atoms with van der Waals surface area (Å²) in [7, 11) is 4.05. The van der Waals surface area contributed by atoms with Gasteiger partial charge in [0.15, 0.2) is 0 Å². The zero-order valence-electron chi connectivity index (χ0n) is 22.8. The molecule has 0 bridgehead atoms. The topological polar surface area (TPSA) is 71.5 Å². The lowest BCUT2D eigenvalue weighted by atomic mass is 9.83. The molecule has 2 aliphatic rings. The van der Waals surface area contributed by atoms with E-state index in [1.165, 1.54) is 19.3 Å². The van der Waals surface area contributed by atoms with Crippen molar-refractivity contribution in [3.05, 3.63) is 23.3 Å². The third-order valence-corrected chi connectivity index (χ3v) is 9.36. The molecule has 0 radical (unpaired) electrons. The molecule has 3 rings (SSSR count). The van der Waals surface area contributed by atoms with Crippen molar-refractivity contribution < 1.29 is 23.2 Å². The van der Waals surface area contributed by atoms with Crippen LogP contribution >= 0.6 is 0 Å². The number of carbonyl (C=O) groups is 1. The molecule has 1 heterocycles. The van der Waals surface area contributed by atoms with Crippen molar-refractivity contribution in [1.82, 2.24) is 14.1 Å². The molecule has 1 aliphatic heterocycles. The Kier molecular flexibility index (Phi) is 11.6. The predicted octanol–water partition coefficient (Wildman–Crippen LogP) is 3.02. The Morgan fingerprint density at radius 2 is 1.75 bits per heavy atom. The van der Waals surface area contributed by atoms with Crippen LogP contribution in [0.3, 0.4) is 0 Å². The molecular weight excluding hydrogens is 478 g/mol. The Hall–Kier alpha value is -1.52. The van der Waals surface area contributed by atoms with E-state index in [0.29, 0.717) is 19.2 Å². The predicted molar refractivity (Wildman–Crippen MR) is 143 cm³/mol. The van der Waals surface area contributed by atoms with Gasteiger partial charge in [-0.1, -0.05) is 0 Å². The highest BCUT2D eigenvalue weighted by atomic mass is 32.2. The number of nitrogens with zero attached hydrogens (tertiary/aromatic N) is 3. The summed E-state index contributed by atoms with van der Waals surface area (Å²) >= 11 is 0. The number of methoxy groups -OCH3 is 1. The lowest BCUT2D eigenvalue weighted by Gasteiger charge is -2.36. The van der Waals surface area contributed by atoms with Crippen LogP contribution in [0.2, 0.25) is 0 Å². The van der Waals surface area contributed by atoms with E-state index in [-0.39, 0.29) is 12.5 Å². The second kappa shape index (κ2) is 14.4. The van der Waals surface area contributed by atoms with Gasteiger partial charge < -0.3 is 19.1 Å². The van der Waals surface area contributed by atoms with Crippen molar-refractivity contribution in [2.45, 2.75) is 56.9 Å². The summed E-state index contributed by atoms with van der Waals surface area (Å²) < 4.78 is 31.2. The van der Waals surface area contributed by atoms with Crippen molar-refractivity contribution in [2.75, 3.05) is 73.8 Å². The van der Waals surface area contributed by atoms with Gasteiger partial charge in [0.1, 0.15) is 23.3 Å². The molecule has 1 aromatic rings. The van der Waals surface area contributed by atoms with Gasteiger partial charge in [-0.05, 0) is 81.7 Å². The summed E-state index contributed by atoms with van der Waals surface area (Å²) in [5, 5.41) is 0. The van der Waals surface area contributed by atoms with Gasteiger partial charge in [0.25, 0.3) is 0 Å². The average Bonchev–Trinajstić information content (AvgIpc) is 2.89. The van der Waals surface area contributed by atoms with Crippen molar-refractivity contribution in [2.24, 2.45) is 5.92 Å². The van der Waals surface area contributed by atoms with Gasteiger partial charge >= 0.3 is 0 Å². The van der Waals surface area contributed by atoms with Gasteiger partial charge in [-0.25, -0.2) is 8.51 Å². The van der Waals surface area contributed by atoms with Crippen molar-refractivity contribution in [1.29, 1.82) is 0 Å². The molecule has 0 aromatic heterocycles. The highest BCUT2D eigenvalue weighted by Crippen LogP contribution is 2.30. The molecule has 9 heteroatoms. The third kappa shape index (κ3) is 8.25. The van der Waals surface area contributed by atoms with E-state index >= 15 is 0 Å². The molecule has 204 valence electrons. The Morgan fingerprint density at radius 3 is 2.36 bits per heavy atom. The number of likely N-dealkylation sites (N-methyl/N-ethyl adjacent to an activating group) is 2. The lowest BCUT2D eigenvalue weighted by Crippen LogP contribution is -2.42. The van der Waals surface area contributed by atoms with Crippen molar-refractivity contribution in [3.63, 3.8) is 0 Å². The van der Waals surface area contributed by atoms with Gasteiger partial charge in [0, 0.05) is 39.8 Å². The van der Waals surface area contributed by atoms with Gasteiger partial charge in [-0.2, -0.15) is 0 Å². The number of carbonyl (C=O) groups excluding carboxylic acids is 1. The summed E-state index contributed by atoms with van der Waals surface area (Å²) in [6.07, 6.45) is 5.76. The minimum Gasteiger partial charge on any atom is -0.497 e. The van der Waals surface area contributed by atoms with E-state index in [9.17, 15) is 9.00 Å². The van der Waals surface area contributed by atoms with Crippen LogP contribution in [0, 0.1) is 19.8 Å². The quantitative estimate of drug-likeness (QED) is 0.392. The molecule has 8 nitrogen and oxygen atoms in total. The van der Waals surface area contributed by atoms with Crippen LogP contribution in [0.5, 0.6) is 5.75 Å². The number of hydrogen-bond donors (Lipinski definition) is 0. The fourth-order valence-electron chi connectivity index (χ4n) is 5.21. The zero-order valence-corrected chi connectivity index (χ0v) is 23.6. The second-order valence-electron chi connectivity index (χ2n) is 10.2. The average molecular weight is 524 g/mol. The Balaban J connectivity index is 1.33. The molecule has 2 fully saturated rings. The molecule has 1 amide bonds. The standard InChI is InChI=1S/C27H45N3O5S/c1-21-18-25(33-5)19-22(2)27(21)36(32)28(3)12-15-35-20-26(31)29(4)24-8-6-23(7-9-24)10-11-30-13-16-34-17-14-30/h18-19,23-24H,6-17,20H2,1-5H3. The summed E-state index contributed by atoms with van der Waals surface area (Å²) in [5.74, 6) is 1.55. The first-order valence-corrected chi connectivity index (χ1v) is 14.3. The Bertz CT molecular complexity index is 846. The van der Waals surface area contributed by atoms with Crippen LogP contribution in [0.1, 0.15) is 43.2 Å². The Morgan fingerprint density at radius 1 is 1.11 bits per heavy atom. The first kappa shape index (κ1) is 29.0. The first-order valence-electron chi connectivity index (χ1n) is 13.2. The number of amides is 1. The van der Waals surface area contributed by atoms with Gasteiger partial charge in [-0.3, -0.25) is 9.69 Å². The van der Waals surface area contributed by atoms with Crippen LogP contribution in [0.4, 0.5) is 0 Å². The zero-order chi connectivity index (χ0) is 26.1. The van der Waals surface area contributed by atoms with E-state index in [0.717, 1.165) is 73.4 Å². The second-order valence-corrected chi connectivity index (χ2v) is 11.7. The minimum atomic E-state index is -1.30. The molecule has 1 unspecified atom stereocenters. The maximum absolute atomic E-state index is 13.0. The van der Waals surface area contributed by atoms with E-state index in [1.54, 1.807) is 11.4 Å². The van der Waals surface area contributed by atoms with Crippen LogP contribution < -0.4 is 4.74 Å². The number of ether oxygens (including phenoxy) is 3. The highest BCUT2D eigenvalue weighted by molar-refractivity contribution is 7.82. The van der Waals surface area contributed by atoms with Crippen LogP contribution in [0.15, 0.2) is 17.0 Å². The normalized spacial score (nSPS) is 21.9. The molecule has 0 spiro atoms. The van der Waals surface area contributed by atoms with Crippen molar-refractivity contribution >= 4 is 16.9 Å².